The molecule has 0 aliphatic carbocycles. The Morgan fingerprint density at radius 3 is 2.95 bits per heavy atom. The number of aryl methyl sites for hydroxylation is 1. The van der Waals surface area contributed by atoms with Crippen molar-refractivity contribution in [3.63, 3.8) is 0 Å². The fourth-order valence-corrected chi connectivity index (χ4v) is 2.66. The summed E-state index contributed by atoms with van der Waals surface area (Å²) < 4.78 is 13.4. The molecule has 0 fully saturated rings. The molecule has 1 aliphatic heterocycles. The minimum atomic E-state index is -0.319. The predicted octanol–water partition coefficient (Wildman–Crippen LogP) is 3.08. The quantitative estimate of drug-likeness (QED) is 0.630. The Hall–Kier alpha value is -2.01. The molecule has 1 aromatic carbocycles. The number of aldehydes is 1. The first-order chi connectivity index (χ1) is 9.60. The molecule has 3 rings (SSSR count). The second kappa shape index (κ2) is 4.83. The number of anilines is 2. The number of hydrogen-bond donors (Lipinski definition) is 0. The number of carbonyl (C=O) groups excluding carboxylic acids is 1. The van der Waals surface area contributed by atoms with Crippen LogP contribution in [0.1, 0.15) is 21.7 Å². The van der Waals surface area contributed by atoms with Crippen molar-refractivity contribution >= 4 is 29.4 Å². The smallest absolute Gasteiger partial charge is 0.156 e. The largest absolute Gasteiger partial charge is 0.325 e. The number of fused-ring (bicyclic) bond motifs is 1. The molecule has 0 N–H and O–H groups in total. The van der Waals surface area contributed by atoms with Crippen molar-refractivity contribution in [3.8, 4) is 0 Å². The molecule has 6 heteroatoms. The lowest BCUT2D eigenvalue weighted by molar-refractivity contribution is 0.112. The van der Waals surface area contributed by atoms with Gasteiger partial charge >= 0.3 is 0 Å². The van der Waals surface area contributed by atoms with Gasteiger partial charge in [0.05, 0.1) is 5.56 Å². The molecule has 0 atom stereocenters. The van der Waals surface area contributed by atoms with Crippen LogP contribution in [-0.2, 0) is 6.42 Å². The van der Waals surface area contributed by atoms with Crippen LogP contribution in [0, 0.1) is 12.7 Å². The fraction of sp³-hybridized carbons (Fsp3) is 0.214. The Morgan fingerprint density at radius 2 is 2.20 bits per heavy atom. The second-order valence-corrected chi connectivity index (χ2v) is 4.95. The lowest BCUT2D eigenvalue weighted by Crippen LogP contribution is -2.18. The van der Waals surface area contributed by atoms with E-state index >= 15 is 0 Å². The van der Waals surface area contributed by atoms with E-state index in [0.29, 0.717) is 24.5 Å². The van der Waals surface area contributed by atoms with Crippen LogP contribution < -0.4 is 4.90 Å². The molecular weight excluding hydrogens is 281 g/mol. The third-order valence-electron chi connectivity index (χ3n) is 3.31. The SMILES string of the molecule is Cc1nc(Cl)c(C=O)c(N2CCc3ccc(F)cc32)n1. The summed E-state index contributed by atoms with van der Waals surface area (Å²) in [4.78, 5) is 21.3. The number of halogens is 2. The minimum Gasteiger partial charge on any atom is -0.325 e. The van der Waals surface area contributed by atoms with Crippen LogP contribution in [0.4, 0.5) is 15.9 Å². The van der Waals surface area contributed by atoms with E-state index in [1.165, 1.54) is 12.1 Å². The van der Waals surface area contributed by atoms with Gasteiger partial charge in [-0.3, -0.25) is 4.79 Å². The first-order valence-electron chi connectivity index (χ1n) is 6.15. The van der Waals surface area contributed by atoms with Gasteiger partial charge in [0.25, 0.3) is 0 Å². The monoisotopic (exact) mass is 291 g/mol. The molecule has 1 aromatic heterocycles. The van der Waals surface area contributed by atoms with E-state index in [1.54, 1.807) is 13.0 Å². The fourth-order valence-electron chi connectivity index (χ4n) is 2.41. The molecule has 1 aliphatic rings. The van der Waals surface area contributed by atoms with Crippen molar-refractivity contribution in [1.82, 2.24) is 9.97 Å². The molecular formula is C14H11ClFN3O. The maximum absolute atomic E-state index is 13.4. The number of rotatable bonds is 2. The van der Waals surface area contributed by atoms with Crippen LogP contribution in [0.15, 0.2) is 18.2 Å². The van der Waals surface area contributed by atoms with Crippen molar-refractivity contribution in [3.05, 3.63) is 46.1 Å². The highest BCUT2D eigenvalue weighted by Gasteiger charge is 2.25. The van der Waals surface area contributed by atoms with Crippen molar-refractivity contribution in [2.24, 2.45) is 0 Å². The van der Waals surface area contributed by atoms with Crippen molar-refractivity contribution in [2.45, 2.75) is 13.3 Å². The predicted molar refractivity (Wildman–Crippen MR) is 74.3 cm³/mol. The Labute approximate surface area is 120 Å². The lowest BCUT2D eigenvalue weighted by atomic mass is 10.1. The Kier molecular flexibility index (Phi) is 3.14. The van der Waals surface area contributed by atoms with Crippen LogP contribution >= 0.6 is 11.6 Å². The molecule has 0 amide bonds. The number of nitrogens with zero attached hydrogens (tertiary/aromatic N) is 3. The van der Waals surface area contributed by atoms with Gasteiger partial charge in [0, 0.05) is 12.2 Å². The van der Waals surface area contributed by atoms with Gasteiger partial charge in [-0.1, -0.05) is 17.7 Å². The summed E-state index contributed by atoms with van der Waals surface area (Å²) in [5.41, 5.74) is 1.98. The average Bonchev–Trinajstić information content (AvgIpc) is 2.80. The maximum Gasteiger partial charge on any atom is 0.156 e. The Balaban J connectivity index is 2.17. The van der Waals surface area contributed by atoms with E-state index in [2.05, 4.69) is 9.97 Å². The molecule has 4 nitrogen and oxygen atoms in total. The van der Waals surface area contributed by atoms with E-state index < -0.39 is 0 Å². The zero-order valence-corrected chi connectivity index (χ0v) is 11.5. The molecule has 0 saturated heterocycles. The highest BCUT2D eigenvalue weighted by Crippen LogP contribution is 2.36. The molecule has 0 unspecified atom stereocenters. The second-order valence-electron chi connectivity index (χ2n) is 4.59. The van der Waals surface area contributed by atoms with Crippen molar-refractivity contribution < 1.29 is 9.18 Å². The molecule has 0 spiro atoms. The highest BCUT2D eigenvalue weighted by atomic mass is 35.5. The zero-order valence-electron chi connectivity index (χ0n) is 10.7. The summed E-state index contributed by atoms with van der Waals surface area (Å²) in [5.74, 6) is 0.586. The molecule has 2 heterocycles. The average molecular weight is 292 g/mol. The number of carbonyl (C=O) groups is 1. The van der Waals surface area contributed by atoms with E-state index in [9.17, 15) is 9.18 Å². The van der Waals surface area contributed by atoms with Gasteiger partial charge in [-0.25, -0.2) is 14.4 Å². The molecule has 2 aromatic rings. The van der Waals surface area contributed by atoms with E-state index in [1.807, 2.05) is 4.90 Å². The summed E-state index contributed by atoms with van der Waals surface area (Å²) in [6.45, 7) is 2.33. The van der Waals surface area contributed by atoms with Gasteiger partial charge in [-0.15, -0.1) is 0 Å². The van der Waals surface area contributed by atoms with Crippen LogP contribution in [0.3, 0.4) is 0 Å². The van der Waals surface area contributed by atoms with Gasteiger partial charge < -0.3 is 4.90 Å². The topological polar surface area (TPSA) is 46.1 Å². The number of hydrogen-bond acceptors (Lipinski definition) is 4. The Bertz CT molecular complexity index is 705. The van der Waals surface area contributed by atoms with Gasteiger partial charge in [-0.05, 0) is 31.0 Å². The summed E-state index contributed by atoms with van der Waals surface area (Å²) >= 11 is 5.99. The number of aromatic nitrogens is 2. The maximum atomic E-state index is 13.4. The van der Waals surface area contributed by atoms with Crippen LogP contribution in [-0.4, -0.2) is 22.8 Å². The van der Waals surface area contributed by atoms with Gasteiger partial charge in [-0.2, -0.15) is 0 Å². The third-order valence-corrected chi connectivity index (χ3v) is 3.60. The van der Waals surface area contributed by atoms with E-state index in [4.69, 9.17) is 11.6 Å². The minimum absolute atomic E-state index is 0.118. The van der Waals surface area contributed by atoms with Crippen molar-refractivity contribution in [1.29, 1.82) is 0 Å². The van der Waals surface area contributed by atoms with Gasteiger partial charge in [0.2, 0.25) is 0 Å². The molecule has 20 heavy (non-hydrogen) atoms. The summed E-state index contributed by atoms with van der Waals surface area (Å²) in [6, 6.07) is 4.63. The van der Waals surface area contributed by atoms with Crippen LogP contribution in [0.25, 0.3) is 0 Å². The molecule has 0 saturated carbocycles. The zero-order chi connectivity index (χ0) is 14.3. The Morgan fingerprint density at radius 1 is 1.40 bits per heavy atom. The summed E-state index contributed by atoms with van der Waals surface area (Å²) in [7, 11) is 0. The normalized spacial score (nSPS) is 13.4. The van der Waals surface area contributed by atoms with Crippen molar-refractivity contribution in [2.75, 3.05) is 11.4 Å². The molecule has 0 bridgehead atoms. The van der Waals surface area contributed by atoms with E-state index in [-0.39, 0.29) is 16.5 Å². The highest BCUT2D eigenvalue weighted by molar-refractivity contribution is 6.32. The lowest BCUT2D eigenvalue weighted by Gasteiger charge is -2.20. The van der Waals surface area contributed by atoms with Crippen LogP contribution in [0.2, 0.25) is 5.15 Å². The first-order valence-corrected chi connectivity index (χ1v) is 6.53. The van der Waals surface area contributed by atoms with E-state index in [0.717, 1.165) is 17.7 Å². The van der Waals surface area contributed by atoms with Crippen LogP contribution in [0.5, 0.6) is 0 Å². The van der Waals surface area contributed by atoms with Gasteiger partial charge in [0.15, 0.2) is 6.29 Å². The summed E-state index contributed by atoms with van der Waals surface area (Å²) in [6.07, 6.45) is 1.41. The van der Waals surface area contributed by atoms with Gasteiger partial charge in [0.1, 0.15) is 22.6 Å². The number of benzene rings is 1. The first kappa shape index (κ1) is 13.0. The standard InChI is InChI=1S/C14H11ClFN3O/c1-8-17-13(15)11(7-20)14(18-8)19-5-4-9-2-3-10(16)6-12(9)19/h2-3,6-7H,4-5H2,1H3. The third kappa shape index (κ3) is 2.04. The summed E-state index contributed by atoms with van der Waals surface area (Å²) in [5, 5.41) is 0.118. The molecule has 0 radical (unpaired) electrons. The molecule has 102 valence electrons.